The number of aliphatic hydroxyl groups excluding tert-OH is 1. The van der Waals surface area contributed by atoms with Crippen molar-refractivity contribution in [1.82, 2.24) is 0 Å². The van der Waals surface area contributed by atoms with Gasteiger partial charge in [0.2, 0.25) is 0 Å². The first kappa shape index (κ1) is 13.4. The standard InChI is InChI=1S/C12H11FN2O3S/c13-9-1-2-12(15(17)18)10(5-9)14-11(6-16)8-3-4-19-7-8/h1-5,7,11,14,16H,6H2/t11-/m0/s1. The second kappa shape index (κ2) is 5.77. The van der Waals surface area contributed by atoms with E-state index in [4.69, 9.17) is 0 Å². The normalized spacial score (nSPS) is 12.1. The van der Waals surface area contributed by atoms with Gasteiger partial charge in [-0.05, 0) is 28.5 Å². The van der Waals surface area contributed by atoms with E-state index in [1.807, 2.05) is 10.8 Å². The van der Waals surface area contributed by atoms with Gasteiger partial charge in [0.05, 0.1) is 17.6 Å². The minimum absolute atomic E-state index is 0.0512. The van der Waals surface area contributed by atoms with E-state index in [-0.39, 0.29) is 18.0 Å². The highest BCUT2D eigenvalue weighted by Gasteiger charge is 2.18. The third kappa shape index (κ3) is 3.07. The van der Waals surface area contributed by atoms with Crippen LogP contribution >= 0.6 is 11.3 Å². The Bertz CT molecular complexity index is 574. The maximum atomic E-state index is 13.2. The first-order valence-corrected chi connectivity index (χ1v) is 6.39. The Hall–Kier alpha value is -1.99. The van der Waals surface area contributed by atoms with Gasteiger partial charge in [0.15, 0.2) is 0 Å². The Morgan fingerprint density at radius 3 is 2.84 bits per heavy atom. The molecule has 0 radical (unpaired) electrons. The molecule has 0 aliphatic carbocycles. The molecule has 19 heavy (non-hydrogen) atoms. The van der Waals surface area contributed by atoms with Crippen molar-refractivity contribution < 1.29 is 14.4 Å². The largest absolute Gasteiger partial charge is 0.394 e. The van der Waals surface area contributed by atoms with E-state index in [2.05, 4.69) is 5.32 Å². The van der Waals surface area contributed by atoms with Gasteiger partial charge >= 0.3 is 0 Å². The number of aliphatic hydroxyl groups is 1. The number of anilines is 1. The third-order valence-corrected chi connectivity index (χ3v) is 3.31. The monoisotopic (exact) mass is 282 g/mol. The fourth-order valence-electron chi connectivity index (χ4n) is 1.68. The van der Waals surface area contributed by atoms with Gasteiger partial charge in [-0.3, -0.25) is 10.1 Å². The molecule has 1 heterocycles. The lowest BCUT2D eigenvalue weighted by molar-refractivity contribution is -0.384. The quantitative estimate of drug-likeness (QED) is 0.653. The van der Waals surface area contributed by atoms with Crippen molar-refractivity contribution in [2.24, 2.45) is 0 Å². The number of nitrogens with zero attached hydrogens (tertiary/aromatic N) is 1. The fraction of sp³-hybridized carbons (Fsp3) is 0.167. The van der Waals surface area contributed by atoms with Gasteiger partial charge in [-0.15, -0.1) is 0 Å². The summed E-state index contributed by atoms with van der Waals surface area (Å²) in [5, 5.41) is 26.7. The summed E-state index contributed by atoms with van der Waals surface area (Å²) < 4.78 is 13.2. The lowest BCUT2D eigenvalue weighted by Crippen LogP contribution is -2.15. The van der Waals surface area contributed by atoms with Crippen molar-refractivity contribution in [3.63, 3.8) is 0 Å². The molecule has 0 saturated heterocycles. The number of nitrogens with one attached hydrogen (secondary N) is 1. The minimum Gasteiger partial charge on any atom is -0.394 e. The number of benzene rings is 1. The Labute approximate surface area is 112 Å². The lowest BCUT2D eigenvalue weighted by atomic mass is 10.1. The summed E-state index contributed by atoms with van der Waals surface area (Å²) in [6.07, 6.45) is 0. The van der Waals surface area contributed by atoms with E-state index < -0.39 is 16.8 Å². The van der Waals surface area contributed by atoms with Gasteiger partial charge in [0.25, 0.3) is 5.69 Å². The van der Waals surface area contributed by atoms with E-state index in [0.29, 0.717) is 0 Å². The van der Waals surface area contributed by atoms with Crippen LogP contribution in [0.5, 0.6) is 0 Å². The average Bonchev–Trinajstić information content (AvgIpc) is 2.89. The van der Waals surface area contributed by atoms with Crippen molar-refractivity contribution in [2.45, 2.75) is 6.04 Å². The van der Waals surface area contributed by atoms with E-state index in [1.54, 1.807) is 6.07 Å². The predicted molar refractivity (Wildman–Crippen MR) is 70.8 cm³/mol. The summed E-state index contributed by atoms with van der Waals surface area (Å²) in [6, 6.07) is 4.46. The van der Waals surface area contributed by atoms with Gasteiger partial charge in [0, 0.05) is 12.1 Å². The second-order valence-electron chi connectivity index (χ2n) is 3.85. The van der Waals surface area contributed by atoms with Crippen molar-refractivity contribution >= 4 is 22.7 Å². The van der Waals surface area contributed by atoms with Crippen molar-refractivity contribution in [1.29, 1.82) is 0 Å². The molecule has 0 saturated carbocycles. The fourth-order valence-corrected chi connectivity index (χ4v) is 2.39. The van der Waals surface area contributed by atoms with Crippen molar-refractivity contribution in [3.05, 3.63) is 56.5 Å². The maximum absolute atomic E-state index is 13.2. The van der Waals surface area contributed by atoms with Gasteiger partial charge in [-0.2, -0.15) is 11.3 Å². The highest BCUT2D eigenvalue weighted by molar-refractivity contribution is 7.08. The third-order valence-electron chi connectivity index (χ3n) is 2.61. The van der Waals surface area contributed by atoms with Crippen LogP contribution in [0.1, 0.15) is 11.6 Å². The first-order valence-electron chi connectivity index (χ1n) is 5.45. The van der Waals surface area contributed by atoms with Crippen LogP contribution in [-0.4, -0.2) is 16.6 Å². The SMILES string of the molecule is O=[N+]([O-])c1ccc(F)cc1N[C@@H](CO)c1ccsc1. The zero-order valence-corrected chi connectivity index (χ0v) is 10.6. The van der Waals surface area contributed by atoms with Gasteiger partial charge in [-0.25, -0.2) is 4.39 Å². The minimum atomic E-state index is -0.593. The molecule has 2 rings (SSSR count). The molecule has 0 bridgehead atoms. The topological polar surface area (TPSA) is 75.4 Å². The van der Waals surface area contributed by atoms with Crippen LogP contribution in [0.25, 0.3) is 0 Å². The maximum Gasteiger partial charge on any atom is 0.292 e. The summed E-state index contributed by atoms with van der Waals surface area (Å²) in [5.41, 5.74) is 0.622. The van der Waals surface area contributed by atoms with E-state index >= 15 is 0 Å². The molecule has 0 aliphatic heterocycles. The molecule has 2 N–H and O–H groups in total. The Balaban J connectivity index is 2.31. The van der Waals surface area contributed by atoms with Gasteiger partial charge < -0.3 is 10.4 Å². The molecular weight excluding hydrogens is 271 g/mol. The summed E-state index contributed by atoms with van der Waals surface area (Å²) in [7, 11) is 0. The molecule has 0 fully saturated rings. The molecule has 1 aromatic heterocycles. The van der Waals surface area contributed by atoms with Gasteiger partial charge in [0.1, 0.15) is 11.5 Å². The van der Waals surface area contributed by atoms with Crippen LogP contribution in [0.3, 0.4) is 0 Å². The van der Waals surface area contributed by atoms with Crippen LogP contribution in [0.2, 0.25) is 0 Å². The molecule has 0 unspecified atom stereocenters. The zero-order chi connectivity index (χ0) is 13.8. The molecule has 0 aliphatic rings. The van der Waals surface area contributed by atoms with Crippen molar-refractivity contribution in [3.8, 4) is 0 Å². The molecule has 100 valence electrons. The Morgan fingerprint density at radius 1 is 1.47 bits per heavy atom. The number of nitro benzene ring substituents is 1. The number of hydrogen-bond donors (Lipinski definition) is 2. The molecule has 0 spiro atoms. The van der Waals surface area contributed by atoms with Crippen LogP contribution in [0.15, 0.2) is 35.0 Å². The highest BCUT2D eigenvalue weighted by Crippen LogP contribution is 2.29. The molecule has 7 heteroatoms. The Morgan fingerprint density at radius 2 is 2.26 bits per heavy atom. The van der Waals surface area contributed by atoms with Crippen LogP contribution in [0.4, 0.5) is 15.8 Å². The van der Waals surface area contributed by atoms with Crippen molar-refractivity contribution in [2.75, 3.05) is 11.9 Å². The summed E-state index contributed by atoms with van der Waals surface area (Å²) in [5.74, 6) is -0.574. The second-order valence-corrected chi connectivity index (χ2v) is 4.63. The molecule has 1 atom stereocenters. The number of rotatable bonds is 5. The molecule has 2 aromatic rings. The Kier molecular flexibility index (Phi) is 4.08. The molecule has 5 nitrogen and oxygen atoms in total. The number of thiophene rings is 1. The average molecular weight is 282 g/mol. The molecule has 1 aromatic carbocycles. The van der Waals surface area contributed by atoms with E-state index in [1.165, 1.54) is 11.3 Å². The smallest absolute Gasteiger partial charge is 0.292 e. The van der Waals surface area contributed by atoms with Gasteiger partial charge in [-0.1, -0.05) is 0 Å². The predicted octanol–water partition coefficient (Wildman–Crippen LogP) is 2.94. The number of nitro groups is 1. The molecular formula is C12H11FN2O3S. The summed E-state index contributed by atoms with van der Waals surface area (Å²) in [4.78, 5) is 10.3. The first-order chi connectivity index (χ1) is 9.11. The molecule has 0 amide bonds. The zero-order valence-electron chi connectivity index (χ0n) is 9.75. The van der Waals surface area contributed by atoms with Crippen LogP contribution < -0.4 is 5.32 Å². The highest BCUT2D eigenvalue weighted by atomic mass is 32.1. The summed E-state index contributed by atoms with van der Waals surface area (Å²) in [6.45, 7) is -0.246. The van der Waals surface area contributed by atoms with Crippen LogP contribution in [0, 0.1) is 15.9 Å². The lowest BCUT2D eigenvalue weighted by Gasteiger charge is -2.16. The van der Waals surface area contributed by atoms with E-state index in [9.17, 15) is 19.6 Å². The van der Waals surface area contributed by atoms with Crippen LogP contribution in [-0.2, 0) is 0 Å². The number of halogens is 1. The van der Waals surface area contributed by atoms with E-state index in [0.717, 1.165) is 23.8 Å². The summed E-state index contributed by atoms with van der Waals surface area (Å²) >= 11 is 1.45. The number of hydrogen-bond acceptors (Lipinski definition) is 5.